The van der Waals surface area contributed by atoms with Crippen molar-refractivity contribution < 1.29 is 14.7 Å². The molecule has 104 valence electrons. The van der Waals surface area contributed by atoms with E-state index in [4.69, 9.17) is 5.11 Å². The fourth-order valence-electron chi connectivity index (χ4n) is 2.37. The summed E-state index contributed by atoms with van der Waals surface area (Å²) in [6, 6.07) is 0.244. The lowest BCUT2D eigenvalue weighted by atomic mass is 10.0. The van der Waals surface area contributed by atoms with Crippen LogP contribution in [0.3, 0.4) is 0 Å². The number of hydrogen-bond donors (Lipinski definition) is 2. The number of hydrogen-bond acceptors (Lipinski definition) is 3. The van der Waals surface area contributed by atoms with Gasteiger partial charge in [0.05, 0.1) is 17.8 Å². The van der Waals surface area contributed by atoms with Crippen LogP contribution in [0, 0.1) is 11.8 Å². The lowest BCUT2D eigenvalue weighted by Crippen LogP contribution is -2.21. The summed E-state index contributed by atoms with van der Waals surface area (Å²) in [5, 5.41) is 15.9. The van der Waals surface area contributed by atoms with Crippen LogP contribution in [0.4, 0.5) is 5.69 Å². The molecule has 0 radical (unpaired) electrons. The predicted octanol–water partition coefficient (Wildman–Crippen LogP) is 1.90. The molecule has 0 aromatic carbocycles. The molecule has 2 unspecified atom stereocenters. The molecule has 2 rings (SSSR count). The van der Waals surface area contributed by atoms with Gasteiger partial charge in [-0.25, -0.2) is 0 Å². The highest BCUT2D eigenvalue weighted by molar-refractivity contribution is 5.93. The van der Waals surface area contributed by atoms with Crippen LogP contribution in [0.1, 0.15) is 39.2 Å². The topological polar surface area (TPSA) is 84.2 Å². The summed E-state index contributed by atoms with van der Waals surface area (Å²) in [6.07, 6.45) is 5.05. The largest absolute Gasteiger partial charge is 0.481 e. The maximum atomic E-state index is 12.0. The molecular weight excluding hydrogens is 246 g/mol. The fourth-order valence-corrected chi connectivity index (χ4v) is 2.37. The van der Waals surface area contributed by atoms with Crippen LogP contribution in [0.2, 0.25) is 0 Å². The molecule has 1 aliphatic rings. The van der Waals surface area contributed by atoms with Gasteiger partial charge in [0.1, 0.15) is 0 Å². The number of amides is 1. The number of aliphatic carboxylic acids is 1. The summed E-state index contributed by atoms with van der Waals surface area (Å²) >= 11 is 0. The van der Waals surface area contributed by atoms with E-state index in [9.17, 15) is 9.59 Å². The van der Waals surface area contributed by atoms with Gasteiger partial charge in [-0.15, -0.1) is 0 Å². The van der Waals surface area contributed by atoms with Crippen LogP contribution < -0.4 is 5.32 Å². The molecule has 1 fully saturated rings. The predicted molar refractivity (Wildman–Crippen MR) is 69.7 cm³/mol. The van der Waals surface area contributed by atoms with Crippen molar-refractivity contribution in [2.45, 2.75) is 39.2 Å². The lowest BCUT2D eigenvalue weighted by Gasteiger charge is -2.09. The summed E-state index contributed by atoms with van der Waals surface area (Å²) < 4.78 is 1.77. The zero-order valence-electron chi connectivity index (χ0n) is 11.2. The fraction of sp³-hybridized carbons (Fsp3) is 0.615. The Morgan fingerprint density at radius 2 is 2.11 bits per heavy atom. The minimum atomic E-state index is -0.803. The number of carbonyl (C=O) groups excluding carboxylic acids is 1. The Morgan fingerprint density at radius 1 is 1.42 bits per heavy atom. The van der Waals surface area contributed by atoms with E-state index in [0.29, 0.717) is 24.9 Å². The first-order valence-electron chi connectivity index (χ1n) is 6.55. The molecule has 1 heterocycles. The molecule has 0 aliphatic heterocycles. The first-order valence-corrected chi connectivity index (χ1v) is 6.55. The maximum Gasteiger partial charge on any atom is 0.306 e. The smallest absolute Gasteiger partial charge is 0.306 e. The van der Waals surface area contributed by atoms with E-state index < -0.39 is 5.97 Å². The third kappa shape index (κ3) is 3.13. The number of nitrogens with one attached hydrogen (secondary N) is 1. The Balaban J connectivity index is 1.92. The molecule has 1 aliphatic carbocycles. The lowest BCUT2D eigenvalue weighted by molar-refractivity contribution is -0.141. The van der Waals surface area contributed by atoms with Gasteiger partial charge in [0.15, 0.2) is 0 Å². The van der Waals surface area contributed by atoms with Gasteiger partial charge in [-0.1, -0.05) is 0 Å². The minimum Gasteiger partial charge on any atom is -0.481 e. The quantitative estimate of drug-likeness (QED) is 0.870. The summed E-state index contributed by atoms with van der Waals surface area (Å²) in [5.41, 5.74) is 0.664. The van der Waals surface area contributed by atoms with Crippen molar-refractivity contribution in [1.29, 1.82) is 0 Å². The van der Waals surface area contributed by atoms with E-state index in [2.05, 4.69) is 10.4 Å². The second kappa shape index (κ2) is 5.42. The SMILES string of the molecule is CC(C)n1cc(NC(=O)C2CCC(C(=O)O)C2)cn1. The standard InChI is InChI=1S/C13H19N3O3/c1-8(2)16-7-11(6-14-16)15-12(17)9-3-4-10(5-9)13(18)19/h6-10H,3-5H2,1-2H3,(H,15,17)(H,18,19). The molecule has 1 amide bonds. The third-order valence-corrected chi connectivity index (χ3v) is 3.55. The number of carbonyl (C=O) groups is 2. The van der Waals surface area contributed by atoms with Gasteiger partial charge in [0.25, 0.3) is 0 Å². The van der Waals surface area contributed by atoms with Gasteiger partial charge in [0, 0.05) is 18.2 Å². The molecule has 6 heteroatoms. The molecule has 0 spiro atoms. The second-order valence-corrected chi connectivity index (χ2v) is 5.34. The molecular formula is C13H19N3O3. The maximum absolute atomic E-state index is 12.0. The van der Waals surface area contributed by atoms with Crippen molar-refractivity contribution in [1.82, 2.24) is 9.78 Å². The summed E-state index contributed by atoms with van der Waals surface area (Å²) in [6.45, 7) is 4.01. The molecule has 2 N–H and O–H groups in total. The van der Waals surface area contributed by atoms with E-state index in [1.807, 2.05) is 13.8 Å². The van der Waals surface area contributed by atoms with E-state index in [1.165, 1.54) is 0 Å². The zero-order chi connectivity index (χ0) is 14.0. The average molecular weight is 265 g/mol. The summed E-state index contributed by atoms with van der Waals surface area (Å²) in [4.78, 5) is 22.9. The Hall–Kier alpha value is -1.85. The van der Waals surface area contributed by atoms with Crippen LogP contribution in [-0.2, 0) is 9.59 Å². The molecule has 2 atom stereocenters. The van der Waals surface area contributed by atoms with Crippen LogP contribution >= 0.6 is 0 Å². The number of aromatic nitrogens is 2. The molecule has 19 heavy (non-hydrogen) atoms. The number of anilines is 1. The second-order valence-electron chi connectivity index (χ2n) is 5.34. The number of carboxylic acids is 1. The summed E-state index contributed by atoms with van der Waals surface area (Å²) in [7, 11) is 0. The van der Waals surface area contributed by atoms with Crippen LogP contribution in [-0.4, -0.2) is 26.8 Å². The monoisotopic (exact) mass is 265 g/mol. The molecule has 1 aromatic heterocycles. The highest BCUT2D eigenvalue weighted by atomic mass is 16.4. The van der Waals surface area contributed by atoms with Crippen molar-refractivity contribution in [3.63, 3.8) is 0 Å². The minimum absolute atomic E-state index is 0.105. The molecule has 6 nitrogen and oxygen atoms in total. The van der Waals surface area contributed by atoms with Crippen molar-refractivity contribution in [3.05, 3.63) is 12.4 Å². The number of nitrogens with zero attached hydrogens (tertiary/aromatic N) is 2. The third-order valence-electron chi connectivity index (χ3n) is 3.55. The van der Waals surface area contributed by atoms with Crippen LogP contribution in [0.15, 0.2) is 12.4 Å². The van der Waals surface area contributed by atoms with E-state index in [1.54, 1.807) is 17.1 Å². The van der Waals surface area contributed by atoms with E-state index in [-0.39, 0.29) is 23.8 Å². The summed E-state index contributed by atoms with van der Waals surface area (Å²) in [5.74, 6) is -1.49. The molecule has 1 aromatic rings. The average Bonchev–Trinajstić information content (AvgIpc) is 2.96. The van der Waals surface area contributed by atoms with Crippen molar-refractivity contribution in [3.8, 4) is 0 Å². The number of carboxylic acid groups (broad SMARTS) is 1. The van der Waals surface area contributed by atoms with Crippen molar-refractivity contribution in [2.75, 3.05) is 5.32 Å². The molecule has 0 bridgehead atoms. The van der Waals surface area contributed by atoms with Crippen molar-refractivity contribution >= 4 is 17.6 Å². The molecule has 0 saturated heterocycles. The number of rotatable bonds is 4. The van der Waals surface area contributed by atoms with Gasteiger partial charge in [-0.3, -0.25) is 14.3 Å². The van der Waals surface area contributed by atoms with Gasteiger partial charge in [0.2, 0.25) is 5.91 Å². The normalized spacial score (nSPS) is 22.7. The Labute approximate surface area is 111 Å². The zero-order valence-corrected chi connectivity index (χ0v) is 11.2. The van der Waals surface area contributed by atoms with Crippen LogP contribution in [0.25, 0.3) is 0 Å². The molecule has 1 saturated carbocycles. The van der Waals surface area contributed by atoms with Crippen molar-refractivity contribution in [2.24, 2.45) is 11.8 Å². The van der Waals surface area contributed by atoms with Gasteiger partial charge in [-0.05, 0) is 33.1 Å². The Morgan fingerprint density at radius 3 is 2.63 bits per heavy atom. The Bertz CT molecular complexity index is 481. The van der Waals surface area contributed by atoms with Gasteiger partial charge in [-0.2, -0.15) is 5.10 Å². The first-order chi connectivity index (χ1) is 8.97. The van der Waals surface area contributed by atoms with Crippen LogP contribution in [0.5, 0.6) is 0 Å². The highest BCUT2D eigenvalue weighted by Crippen LogP contribution is 2.31. The van der Waals surface area contributed by atoms with Gasteiger partial charge < -0.3 is 10.4 Å². The van der Waals surface area contributed by atoms with E-state index in [0.717, 1.165) is 0 Å². The van der Waals surface area contributed by atoms with E-state index >= 15 is 0 Å². The first kappa shape index (κ1) is 13.6. The van der Waals surface area contributed by atoms with Gasteiger partial charge >= 0.3 is 5.97 Å². The highest BCUT2D eigenvalue weighted by Gasteiger charge is 2.33. The Kier molecular flexibility index (Phi) is 3.87.